The molecular formula is C18H21ClN4O3S2. The van der Waals surface area contributed by atoms with Gasteiger partial charge in [-0.1, -0.05) is 43.3 Å². The second kappa shape index (κ2) is 9.13. The van der Waals surface area contributed by atoms with Gasteiger partial charge in [0.05, 0.1) is 11.5 Å². The standard InChI is InChI=1S/C18H21ClN4O3S2/c1-3-22(4-2)28(24,25)16-8-9-17-20-21-18(23(17)13-16)27-11-10-26-15-7-5-6-14(19)12-15/h5-9,12-13H,3-4,10-11H2,1-2H3. The van der Waals surface area contributed by atoms with Gasteiger partial charge < -0.3 is 4.74 Å². The topological polar surface area (TPSA) is 76.8 Å². The summed E-state index contributed by atoms with van der Waals surface area (Å²) in [6, 6.07) is 10.4. The van der Waals surface area contributed by atoms with Crippen molar-refractivity contribution in [3.63, 3.8) is 0 Å². The van der Waals surface area contributed by atoms with Crippen LogP contribution in [0, 0.1) is 0 Å². The van der Waals surface area contributed by atoms with Crippen molar-refractivity contribution in [3.8, 4) is 5.75 Å². The number of aromatic nitrogens is 3. The molecule has 2 aromatic heterocycles. The molecule has 2 heterocycles. The summed E-state index contributed by atoms with van der Waals surface area (Å²) < 4.78 is 34.3. The lowest BCUT2D eigenvalue weighted by molar-refractivity contribution is 0.344. The quantitative estimate of drug-likeness (QED) is 0.374. The Morgan fingerprint density at radius 2 is 1.96 bits per heavy atom. The summed E-state index contributed by atoms with van der Waals surface area (Å²) in [5, 5.41) is 9.49. The second-order valence-corrected chi connectivity index (χ2v) is 9.26. The molecule has 150 valence electrons. The molecule has 28 heavy (non-hydrogen) atoms. The zero-order valence-corrected chi connectivity index (χ0v) is 18.0. The van der Waals surface area contributed by atoms with E-state index in [9.17, 15) is 8.42 Å². The van der Waals surface area contributed by atoms with Crippen molar-refractivity contribution in [3.05, 3.63) is 47.6 Å². The van der Waals surface area contributed by atoms with Crippen molar-refractivity contribution in [1.29, 1.82) is 0 Å². The van der Waals surface area contributed by atoms with Crippen molar-refractivity contribution in [2.75, 3.05) is 25.4 Å². The van der Waals surface area contributed by atoms with Crippen molar-refractivity contribution >= 4 is 39.0 Å². The fraction of sp³-hybridized carbons (Fsp3) is 0.333. The zero-order valence-electron chi connectivity index (χ0n) is 15.6. The number of sulfonamides is 1. The van der Waals surface area contributed by atoms with Gasteiger partial charge in [0.25, 0.3) is 0 Å². The van der Waals surface area contributed by atoms with Crippen LogP contribution in [0.3, 0.4) is 0 Å². The Bertz CT molecular complexity index is 1050. The lowest BCUT2D eigenvalue weighted by atomic mass is 10.3. The third-order valence-corrected chi connectivity index (χ3v) is 7.24. The second-order valence-electron chi connectivity index (χ2n) is 5.82. The van der Waals surface area contributed by atoms with Gasteiger partial charge in [0.1, 0.15) is 5.75 Å². The van der Waals surface area contributed by atoms with Crippen LogP contribution in [0.2, 0.25) is 5.02 Å². The van der Waals surface area contributed by atoms with Crippen LogP contribution in [-0.4, -0.2) is 52.8 Å². The van der Waals surface area contributed by atoms with Crippen molar-refractivity contribution < 1.29 is 13.2 Å². The number of halogens is 1. The number of hydrogen-bond donors (Lipinski definition) is 0. The molecule has 0 atom stereocenters. The number of pyridine rings is 1. The molecule has 0 amide bonds. The van der Waals surface area contributed by atoms with Gasteiger partial charge in [0, 0.05) is 30.1 Å². The maximum Gasteiger partial charge on any atom is 0.244 e. The fourth-order valence-corrected chi connectivity index (χ4v) is 5.03. The molecule has 3 rings (SSSR count). The SMILES string of the molecule is CCN(CC)S(=O)(=O)c1ccc2nnc(SCCOc3cccc(Cl)c3)n2c1. The fourth-order valence-electron chi connectivity index (χ4n) is 2.66. The van der Waals surface area contributed by atoms with E-state index in [-0.39, 0.29) is 4.90 Å². The summed E-state index contributed by atoms with van der Waals surface area (Å²) in [6.45, 7) is 4.93. The smallest absolute Gasteiger partial charge is 0.244 e. The lowest BCUT2D eigenvalue weighted by Crippen LogP contribution is -2.30. The van der Waals surface area contributed by atoms with Gasteiger partial charge in [-0.2, -0.15) is 4.31 Å². The van der Waals surface area contributed by atoms with Gasteiger partial charge in [-0.15, -0.1) is 10.2 Å². The van der Waals surface area contributed by atoms with Gasteiger partial charge in [0.15, 0.2) is 10.8 Å². The number of fused-ring (bicyclic) bond motifs is 1. The Balaban J connectivity index is 1.72. The molecule has 0 saturated carbocycles. The van der Waals surface area contributed by atoms with Crippen LogP contribution in [0.15, 0.2) is 52.6 Å². The highest BCUT2D eigenvalue weighted by molar-refractivity contribution is 7.99. The van der Waals surface area contributed by atoms with Crippen LogP contribution < -0.4 is 4.74 Å². The van der Waals surface area contributed by atoms with E-state index in [1.54, 1.807) is 34.9 Å². The molecule has 0 aliphatic heterocycles. The lowest BCUT2D eigenvalue weighted by Gasteiger charge is -2.18. The predicted molar refractivity (Wildman–Crippen MR) is 111 cm³/mol. The Kier molecular flexibility index (Phi) is 6.82. The Hall–Kier alpha value is -1.81. The first kappa shape index (κ1) is 20.9. The molecule has 0 bridgehead atoms. The molecule has 0 aliphatic rings. The highest BCUT2D eigenvalue weighted by Crippen LogP contribution is 2.22. The minimum atomic E-state index is -3.54. The minimum absolute atomic E-state index is 0.223. The molecule has 1 aromatic carbocycles. The number of rotatable bonds is 9. The first-order valence-electron chi connectivity index (χ1n) is 8.81. The summed E-state index contributed by atoms with van der Waals surface area (Å²) in [4.78, 5) is 0.223. The van der Waals surface area contributed by atoms with Gasteiger partial charge in [-0.3, -0.25) is 4.40 Å². The number of ether oxygens (including phenoxy) is 1. The molecular weight excluding hydrogens is 420 g/mol. The van der Waals surface area contributed by atoms with Crippen LogP contribution in [0.4, 0.5) is 0 Å². The van der Waals surface area contributed by atoms with E-state index in [2.05, 4.69) is 10.2 Å². The Morgan fingerprint density at radius 3 is 2.68 bits per heavy atom. The third kappa shape index (κ3) is 4.60. The highest BCUT2D eigenvalue weighted by Gasteiger charge is 2.22. The van der Waals surface area contributed by atoms with Crippen molar-refractivity contribution in [2.45, 2.75) is 23.9 Å². The molecule has 10 heteroatoms. The maximum atomic E-state index is 12.8. The van der Waals surface area contributed by atoms with Crippen molar-refractivity contribution in [1.82, 2.24) is 18.9 Å². The summed E-state index contributed by atoms with van der Waals surface area (Å²) in [7, 11) is -3.54. The van der Waals surface area contributed by atoms with Crippen LogP contribution >= 0.6 is 23.4 Å². The third-order valence-electron chi connectivity index (χ3n) is 4.07. The summed E-state index contributed by atoms with van der Waals surface area (Å²) in [6.07, 6.45) is 1.57. The molecule has 3 aromatic rings. The first-order valence-corrected chi connectivity index (χ1v) is 11.6. The summed E-state index contributed by atoms with van der Waals surface area (Å²) in [5.74, 6) is 1.33. The van der Waals surface area contributed by atoms with Gasteiger partial charge in [-0.25, -0.2) is 8.42 Å². The maximum absolute atomic E-state index is 12.8. The van der Waals surface area contributed by atoms with Gasteiger partial charge >= 0.3 is 0 Å². The molecule has 0 spiro atoms. The number of nitrogens with zero attached hydrogens (tertiary/aromatic N) is 4. The van der Waals surface area contributed by atoms with E-state index in [0.717, 1.165) is 0 Å². The Labute approximate surface area is 173 Å². The van der Waals surface area contributed by atoms with Crippen molar-refractivity contribution in [2.24, 2.45) is 0 Å². The highest BCUT2D eigenvalue weighted by atomic mass is 35.5. The molecule has 0 saturated heterocycles. The van der Waals surface area contributed by atoms with Crippen LogP contribution in [0.1, 0.15) is 13.8 Å². The summed E-state index contributed by atoms with van der Waals surface area (Å²) in [5.41, 5.74) is 0.594. The average molecular weight is 441 g/mol. The van der Waals surface area contributed by atoms with E-state index in [4.69, 9.17) is 16.3 Å². The zero-order chi connectivity index (χ0) is 20.1. The van der Waals surface area contributed by atoms with Crippen LogP contribution in [0.25, 0.3) is 5.65 Å². The Morgan fingerprint density at radius 1 is 1.18 bits per heavy atom. The van der Waals surface area contributed by atoms with E-state index in [0.29, 0.717) is 47.0 Å². The van der Waals surface area contributed by atoms with E-state index in [1.807, 2.05) is 26.0 Å². The summed E-state index contributed by atoms with van der Waals surface area (Å²) >= 11 is 7.38. The first-order chi connectivity index (χ1) is 13.5. The normalized spacial score (nSPS) is 12.0. The number of thioether (sulfide) groups is 1. The molecule has 0 fully saturated rings. The van der Waals surface area contributed by atoms with Crippen LogP contribution in [-0.2, 0) is 10.0 Å². The number of hydrogen-bond acceptors (Lipinski definition) is 6. The van der Waals surface area contributed by atoms with Crippen LogP contribution in [0.5, 0.6) is 5.75 Å². The average Bonchev–Trinajstić information content (AvgIpc) is 3.08. The van der Waals surface area contributed by atoms with E-state index in [1.165, 1.54) is 16.1 Å². The molecule has 0 aliphatic carbocycles. The predicted octanol–water partition coefficient (Wildman–Crippen LogP) is 3.58. The molecule has 0 radical (unpaired) electrons. The van der Waals surface area contributed by atoms with Gasteiger partial charge in [0.2, 0.25) is 10.0 Å². The van der Waals surface area contributed by atoms with Gasteiger partial charge in [-0.05, 0) is 30.3 Å². The number of benzene rings is 1. The minimum Gasteiger partial charge on any atom is -0.493 e. The molecule has 7 nitrogen and oxygen atoms in total. The van der Waals surface area contributed by atoms with E-state index >= 15 is 0 Å². The monoisotopic (exact) mass is 440 g/mol. The van der Waals surface area contributed by atoms with E-state index < -0.39 is 10.0 Å². The molecule has 0 N–H and O–H groups in total. The largest absolute Gasteiger partial charge is 0.493 e. The molecule has 0 unspecified atom stereocenters.